The van der Waals surface area contributed by atoms with Crippen molar-refractivity contribution in [3.8, 4) is 0 Å². The number of hydrogen-bond acceptors (Lipinski definition) is 4. The molecule has 0 unspecified atom stereocenters. The highest BCUT2D eigenvalue weighted by molar-refractivity contribution is 5.96. The topological polar surface area (TPSA) is 75.7 Å². The normalized spacial score (nSPS) is 14.8. The van der Waals surface area contributed by atoms with Crippen LogP contribution in [0.5, 0.6) is 0 Å². The van der Waals surface area contributed by atoms with Crippen LogP contribution in [-0.2, 0) is 19.7 Å². The molecule has 1 aliphatic carbocycles. The number of rotatable bonds is 6. The van der Waals surface area contributed by atoms with Crippen molar-refractivity contribution in [3.05, 3.63) is 65.5 Å². The molecule has 0 aromatic heterocycles. The Labute approximate surface area is 175 Å². The van der Waals surface area contributed by atoms with Gasteiger partial charge in [-0.1, -0.05) is 25.0 Å². The van der Waals surface area contributed by atoms with Crippen LogP contribution in [0.3, 0.4) is 0 Å². The Balaban J connectivity index is 1.61. The molecule has 1 saturated carbocycles. The third-order valence-electron chi connectivity index (χ3n) is 5.38. The largest absolute Gasteiger partial charge is 0.455 e. The van der Waals surface area contributed by atoms with E-state index >= 15 is 0 Å². The predicted octanol–water partition coefficient (Wildman–Crippen LogP) is 3.52. The van der Waals surface area contributed by atoms with Crippen LogP contribution in [-0.4, -0.2) is 43.4 Å². The smallest absolute Gasteiger partial charge is 0.317 e. The van der Waals surface area contributed by atoms with Crippen molar-refractivity contribution in [2.45, 2.75) is 31.1 Å². The number of halogens is 1. The Hall–Kier alpha value is -3.22. The van der Waals surface area contributed by atoms with Gasteiger partial charge in [0, 0.05) is 25.3 Å². The number of hydrogen-bond donors (Lipinski definition) is 1. The summed E-state index contributed by atoms with van der Waals surface area (Å²) in [5.41, 5.74) is 0.678. The van der Waals surface area contributed by atoms with Crippen molar-refractivity contribution < 1.29 is 23.5 Å². The molecule has 0 saturated heterocycles. The van der Waals surface area contributed by atoms with E-state index in [0.717, 1.165) is 12.8 Å². The maximum absolute atomic E-state index is 13.7. The van der Waals surface area contributed by atoms with Crippen LogP contribution in [0.1, 0.15) is 41.6 Å². The average Bonchev–Trinajstić information content (AvgIpc) is 3.23. The van der Waals surface area contributed by atoms with Crippen molar-refractivity contribution in [2.24, 2.45) is 0 Å². The van der Waals surface area contributed by atoms with Gasteiger partial charge < -0.3 is 15.0 Å². The zero-order valence-corrected chi connectivity index (χ0v) is 17.1. The number of nitrogens with zero attached hydrogens (tertiary/aromatic N) is 1. The lowest BCUT2D eigenvalue weighted by molar-refractivity contribution is -0.153. The predicted molar refractivity (Wildman–Crippen MR) is 111 cm³/mol. The minimum absolute atomic E-state index is 0.138. The van der Waals surface area contributed by atoms with Gasteiger partial charge in [-0.3, -0.25) is 14.4 Å². The van der Waals surface area contributed by atoms with Crippen LogP contribution in [0.25, 0.3) is 0 Å². The van der Waals surface area contributed by atoms with E-state index in [1.165, 1.54) is 17.0 Å². The van der Waals surface area contributed by atoms with E-state index in [-0.39, 0.29) is 5.91 Å². The molecule has 2 aromatic rings. The lowest BCUT2D eigenvalue weighted by Gasteiger charge is -2.27. The van der Waals surface area contributed by atoms with Gasteiger partial charge in [0.15, 0.2) is 6.61 Å². The van der Waals surface area contributed by atoms with Gasteiger partial charge >= 0.3 is 5.97 Å². The number of ether oxygens (including phenoxy) is 1. The van der Waals surface area contributed by atoms with Crippen LogP contribution >= 0.6 is 0 Å². The highest BCUT2D eigenvalue weighted by Crippen LogP contribution is 2.42. The number of esters is 1. The molecular weight excluding hydrogens is 387 g/mol. The summed E-state index contributed by atoms with van der Waals surface area (Å²) in [5, 5.41) is 2.64. The second-order valence-corrected chi connectivity index (χ2v) is 7.70. The molecule has 0 aliphatic heterocycles. The molecule has 0 atom stereocenters. The summed E-state index contributed by atoms with van der Waals surface area (Å²) in [6.45, 7) is -0.436. The molecule has 1 fully saturated rings. The highest BCUT2D eigenvalue weighted by atomic mass is 19.1. The van der Waals surface area contributed by atoms with Gasteiger partial charge in [-0.05, 0) is 54.8 Å². The first-order valence-electron chi connectivity index (χ1n) is 9.87. The van der Waals surface area contributed by atoms with Gasteiger partial charge in [0.2, 0.25) is 0 Å². The molecule has 2 amide bonds. The van der Waals surface area contributed by atoms with Gasteiger partial charge in [-0.15, -0.1) is 0 Å². The molecular formula is C23H25FN2O4. The van der Waals surface area contributed by atoms with Crippen molar-refractivity contribution in [3.63, 3.8) is 0 Å². The summed E-state index contributed by atoms with van der Waals surface area (Å²) in [6, 6.07) is 12.5. The number of carbonyl (C=O) groups is 3. The minimum Gasteiger partial charge on any atom is -0.455 e. The Morgan fingerprint density at radius 2 is 1.73 bits per heavy atom. The van der Waals surface area contributed by atoms with Crippen LogP contribution in [0.15, 0.2) is 48.5 Å². The van der Waals surface area contributed by atoms with Gasteiger partial charge in [-0.2, -0.15) is 0 Å². The third-order valence-corrected chi connectivity index (χ3v) is 5.38. The zero-order valence-electron chi connectivity index (χ0n) is 17.1. The third kappa shape index (κ3) is 4.67. The standard InChI is InChI=1S/C23H25FN2O4/c1-26(2)21(28)16-8-10-19(11-9-16)25-20(27)15-30-22(29)23(12-3-4-13-23)17-6-5-7-18(24)14-17/h5-11,14H,3-4,12-13,15H2,1-2H3,(H,25,27). The van der Waals surface area contributed by atoms with E-state index in [0.29, 0.717) is 29.7 Å². The summed E-state index contributed by atoms with van der Waals surface area (Å²) < 4.78 is 19.0. The summed E-state index contributed by atoms with van der Waals surface area (Å²) in [4.78, 5) is 38.5. The number of carbonyl (C=O) groups excluding carboxylic acids is 3. The van der Waals surface area contributed by atoms with Gasteiger partial charge in [0.05, 0.1) is 5.41 Å². The van der Waals surface area contributed by atoms with E-state index < -0.39 is 29.7 Å². The fourth-order valence-electron chi connectivity index (χ4n) is 3.80. The number of benzene rings is 2. The van der Waals surface area contributed by atoms with E-state index in [2.05, 4.69) is 5.32 Å². The van der Waals surface area contributed by atoms with Crippen molar-refractivity contribution in [1.29, 1.82) is 0 Å². The first kappa shape index (κ1) is 21.5. The second-order valence-electron chi connectivity index (χ2n) is 7.70. The first-order chi connectivity index (χ1) is 14.3. The molecule has 0 spiro atoms. The molecule has 158 valence electrons. The Morgan fingerprint density at radius 3 is 2.33 bits per heavy atom. The molecule has 0 bridgehead atoms. The quantitative estimate of drug-likeness (QED) is 0.737. The van der Waals surface area contributed by atoms with Gasteiger partial charge in [0.25, 0.3) is 11.8 Å². The Kier molecular flexibility index (Phi) is 6.50. The van der Waals surface area contributed by atoms with E-state index in [9.17, 15) is 18.8 Å². The maximum Gasteiger partial charge on any atom is 0.317 e. The fraction of sp³-hybridized carbons (Fsp3) is 0.348. The number of anilines is 1. The second kappa shape index (κ2) is 9.07. The van der Waals surface area contributed by atoms with Crippen molar-refractivity contribution >= 4 is 23.5 Å². The molecule has 6 nitrogen and oxygen atoms in total. The molecule has 3 rings (SSSR count). The Morgan fingerprint density at radius 1 is 1.07 bits per heavy atom. The summed E-state index contributed by atoms with van der Waals surface area (Å²) in [5.74, 6) is -1.53. The molecule has 0 radical (unpaired) electrons. The zero-order chi connectivity index (χ0) is 21.7. The fourth-order valence-corrected chi connectivity index (χ4v) is 3.80. The molecule has 2 aromatic carbocycles. The van der Waals surface area contributed by atoms with Crippen molar-refractivity contribution in [1.82, 2.24) is 4.90 Å². The molecule has 30 heavy (non-hydrogen) atoms. The molecule has 0 heterocycles. The van der Waals surface area contributed by atoms with Crippen LogP contribution < -0.4 is 5.32 Å². The van der Waals surface area contributed by atoms with Crippen molar-refractivity contribution in [2.75, 3.05) is 26.0 Å². The SMILES string of the molecule is CN(C)C(=O)c1ccc(NC(=O)COC(=O)C2(c3cccc(F)c3)CCCC2)cc1. The van der Waals surface area contributed by atoms with Gasteiger partial charge in [0.1, 0.15) is 5.82 Å². The Bertz CT molecular complexity index is 934. The lowest BCUT2D eigenvalue weighted by Crippen LogP contribution is -2.36. The van der Waals surface area contributed by atoms with Crippen LogP contribution in [0.4, 0.5) is 10.1 Å². The number of nitrogens with one attached hydrogen (secondary N) is 1. The summed E-state index contributed by atoms with van der Waals surface area (Å²) in [7, 11) is 3.32. The lowest BCUT2D eigenvalue weighted by atomic mass is 9.79. The van der Waals surface area contributed by atoms with E-state index in [4.69, 9.17) is 4.74 Å². The van der Waals surface area contributed by atoms with Crippen LogP contribution in [0.2, 0.25) is 0 Å². The first-order valence-corrected chi connectivity index (χ1v) is 9.87. The maximum atomic E-state index is 13.7. The minimum atomic E-state index is -0.906. The number of amides is 2. The molecule has 7 heteroatoms. The van der Waals surface area contributed by atoms with E-state index in [1.54, 1.807) is 50.5 Å². The monoisotopic (exact) mass is 412 g/mol. The summed E-state index contributed by atoms with van der Waals surface area (Å²) >= 11 is 0. The highest BCUT2D eigenvalue weighted by Gasteiger charge is 2.44. The van der Waals surface area contributed by atoms with Gasteiger partial charge in [-0.25, -0.2) is 4.39 Å². The molecule has 1 aliphatic rings. The van der Waals surface area contributed by atoms with Crippen LogP contribution in [0, 0.1) is 5.82 Å². The van der Waals surface area contributed by atoms with E-state index in [1.807, 2.05) is 0 Å². The molecule has 1 N–H and O–H groups in total. The average molecular weight is 412 g/mol. The summed E-state index contributed by atoms with van der Waals surface area (Å²) in [6.07, 6.45) is 2.82.